The summed E-state index contributed by atoms with van der Waals surface area (Å²) in [5.74, 6) is -0.229. The first-order chi connectivity index (χ1) is 8.07. The van der Waals surface area contributed by atoms with Crippen LogP contribution in [0.4, 0.5) is 0 Å². The first kappa shape index (κ1) is 10.3. The van der Waals surface area contributed by atoms with Gasteiger partial charge in [0, 0.05) is 0 Å². The maximum Gasteiger partial charge on any atom is 0.268 e. The lowest BCUT2D eigenvalue weighted by molar-refractivity contribution is 0.596. The van der Waals surface area contributed by atoms with E-state index >= 15 is 0 Å². The maximum absolute atomic E-state index is 11.7. The smallest absolute Gasteiger partial charge is 0.268 e. The molecule has 2 heterocycles. The van der Waals surface area contributed by atoms with Crippen molar-refractivity contribution in [1.82, 2.24) is 9.78 Å². The monoisotopic (exact) mass is 250 g/mol. The Hall–Kier alpha value is -1.82. The number of aromatic amines is 1. The van der Waals surface area contributed by atoms with E-state index in [1.165, 1.54) is 0 Å². The number of hydrogen-bond acceptors (Lipinski definition) is 3. The summed E-state index contributed by atoms with van der Waals surface area (Å²) in [6.45, 7) is 0. The third kappa shape index (κ3) is 1.61. The molecule has 1 aromatic heterocycles. The molecule has 0 fully saturated rings. The molecule has 2 aromatic rings. The minimum atomic E-state index is -3.16. The molecule has 0 spiro atoms. The molecule has 0 amide bonds. The fourth-order valence-electron chi connectivity index (χ4n) is 2.08. The molecule has 0 unspecified atom stereocenters. The van der Waals surface area contributed by atoms with Crippen molar-refractivity contribution in [2.24, 2.45) is 0 Å². The predicted octanol–water partition coefficient (Wildman–Crippen LogP) is 0.594. The van der Waals surface area contributed by atoms with Crippen LogP contribution in [0, 0.1) is 0 Å². The molecule has 0 atom stereocenters. The van der Waals surface area contributed by atoms with Crippen molar-refractivity contribution in [2.75, 3.05) is 0 Å². The lowest BCUT2D eigenvalue weighted by Gasteiger charge is -2.05. The minimum Gasteiger partial charge on any atom is -0.268 e. The Morgan fingerprint density at radius 2 is 1.82 bits per heavy atom. The Bertz CT molecular complexity index is 726. The van der Waals surface area contributed by atoms with E-state index in [1.54, 1.807) is 4.68 Å². The number of sulfone groups is 1. The molecule has 1 aromatic carbocycles. The normalized spacial score (nSPS) is 16.9. The number of H-pyrrole nitrogens is 1. The average Bonchev–Trinajstić information content (AvgIpc) is 2.76. The van der Waals surface area contributed by atoms with Gasteiger partial charge >= 0.3 is 0 Å². The van der Waals surface area contributed by atoms with Crippen molar-refractivity contribution in [2.45, 2.75) is 11.5 Å². The van der Waals surface area contributed by atoms with Crippen LogP contribution in [0.5, 0.6) is 0 Å². The highest BCUT2D eigenvalue weighted by Crippen LogP contribution is 2.23. The Kier molecular flexibility index (Phi) is 2.03. The van der Waals surface area contributed by atoms with Gasteiger partial charge in [0.1, 0.15) is 0 Å². The lowest BCUT2D eigenvalue weighted by atomic mass is 10.3. The van der Waals surface area contributed by atoms with Crippen LogP contribution in [0.15, 0.2) is 35.1 Å². The summed E-state index contributed by atoms with van der Waals surface area (Å²) in [6.07, 6.45) is 0. The second kappa shape index (κ2) is 3.33. The molecule has 17 heavy (non-hydrogen) atoms. The fourth-order valence-corrected chi connectivity index (χ4v) is 3.64. The van der Waals surface area contributed by atoms with Crippen molar-refractivity contribution >= 4 is 9.84 Å². The second-order valence-corrected chi connectivity index (χ2v) is 6.13. The van der Waals surface area contributed by atoms with E-state index in [0.717, 1.165) is 5.69 Å². The average molecular weight is 250 g/mol. The molecule has 0 radical (unpaired) electrons. The number of hydrogen-bond donors (Lipinski definition) is 1. The Balaban J connectivity index is 2.24. The largest absolute Gasteiger partial charge is 0.268 e. The van der Waals surface area contributed by atoms with Gasteiger partial charge in [-0.3, -0.25) is 14.6 Å². The Labute approximate surface area is 97.6 Å². The number of para-hydroxylation sites is 1. The number of fused-ring (bicyclic) bond motifs is 1. The summed E-state index contributed by atoms with van der Waals surface area (Å²) in [4.78, 5) is 11.7. The summed E-state index contributed by atoms with van der Waals surface area (Å²) in [6, 6.07) is 9.18. The van der Waals surface area contributed by atoms with E-state index in [1.807, 2.05) is 30.3 Å². The zero-order chi connectivity index (χ0) is 12.0. The molecule has 3 rings (SSSR count). The van der Waals surface area contributed by atoms with Gasteiger partial charge in [-0.15, -0.1) is 0 Å². The summed E-state index contributed by atoms with van der Waals surface area (Å²) in [5.41, 5.74) is 1.38. The Morgan fingerprint density at radius 3 is 2.53 bits per heavy atom. The highest BCUT2D eigenvalue weighted by atomic mass is 32.2. The van der Waals surface area contributed by atoms with E-state index in [4.69, 9.17) is 0 Å². The molecule has 1 aliphatic heterocycles. The minimum absolute atomic E-state index is 0.0734. The molecule has 0 saturated heterocycles. The third-order valence-electron chi connectivity index (χ3n) is 2.84. The standard InChI is InChI=1S/C11H10N2O3S/c14-11-9-6-17(15,16)7-10(9)13(12-11)8-4-2-1-3-5-8/h1-5H,6-7H2,(H,12,14). The van der Waals surface area contributed by atoms with E-state index in [9.17, 15) is 13.2 Å². The van der Waals surface area contributed by atoms with Crippen LogP contribution in [0.25, 0.3) is 5.69 Å². The van der Waals surface area contributed by atoms with Gasteiger partial charge in [-0.25, -0.2) is 8.42 Å². The number of rotatable bonds is 1. The van der Waals surface area contributed by atoms with Crippen LogP contribution in [-0.2, 0) is 21.3 Å². The molecular formula is C11H10N2O3S. The van der Waals surface area contributed by atoms with E-state index < -0.39 is 9.84 Å². The number of nitrogens with zero attached hydrogens (tertiary/aromatic N) is 1. The van der Waals surface area contributed by atoms with E-state index in [2.05, 4.69) is 5.10 Å². The van der Waals surface area contributed by atoms with Crippen LogP contribution in [0.3, 0.4) is 0 Å². The zero-order valence-corrected chi connectivity index (χ0v) is 9.70. The fraction of sp³-hybridized carbons (Fsp3) is 0.182. The van der Waals surface area contributed by atoms with E-state index in [0.29, 0.717) is 11.3 Å². The number of aromatic nitrogens is 2. The van der Waals surface area contributed by atoms with Crippen LogP contribution < -0.4 is 5.56 Å². The van der Waals surface area contributed by atoms with E-state index in [-0.39, 0.29) is 17.1 Å². The first-order valence-corrected chi connectivity index (χ1v) is 6.97. The highest BCUT2D eigenvalue weighted by Gasteiger charge is 2.31. The van der Waals surface area contributed by atoms with Gasteiger partial charge in [-0.05, 0) is 12.1 Å². The summed E-state index contributed by atoms with van der Waals surface area (Å²) in [5, 5.41) is 2.67. The quantitative estimate of drug-likeness (QED) is 0.805. The SMILES string of the molecule is O=c1[nH]n(-c2ccccc2)c2c1CS(=O)(=O)C2. The molecule has 0 aliphatic carbocycles. The summed E-state index contributed by atoms with van der Waals surface area (Å²) < 4.78 is 24.6. The lowest BCUT2D eigenvalue weighted by Crippen LogP contribution is -2.11. The maximum atomic E-state index is 11.7. The summed E-state index contributed by atoms with van der Waals surface area (Å²) >= 11 is 0. The zero-order valence-electron chi connectivity index (χ0n) is 8.88. The van der Waals surface area contributed by atoms with Crippen LogP contribution in [-0.4, -0.2) is 18.2 Å². The molecule has 0 bridgehead atoms. The van der Waals surface area contributed by atoms with Crippen LogP contribution >= 0.6 is 0 Å². The molecular weight excluding hydrogens is 240 g/mol. The summed E-state index contributed by atoms with van der Waals surface area (Å²) in [7, 11) is -3.16. The molecule has 1 N–H and O–H groups in total. The van der Waals surface area contributed by atoms with Gasteiger partial charge in [-0.2, -0.15) is 0 Å². The molecule has 88 valence electrons. The van der Waals surface area contributed by atoms with Crippen LogP contribution in [0.1, 0.15) is 11.3 Å². The number of nitrogens with one attached hydrogen (secondary N) is 1. The predicted molar refractivity (Wildman–Crippen MR) is 62.7 cm³/mol. The molecule has 0 saturated carbocycles. The van der Waals surface area contributed by atoms with Gasteiger partial charge in [-0.1, -0.05) is 18.2 Å². The second-order valence-electron chi connectivity index (χ2n) is 4.07. The topological polar surface area (TPSA) is 71.9 Å². The highest BCUT2D eigenvalue weighted by molar-refractivity contribution is 7.90. The number of benzene rings is 1. The van der Waals surface area contributed by atoms with Crippen molar-refractivity contribution in [1.29, 1.82) is 0 Å². The molecule has 5 nitrogen and oxygen atoms in total. The molecule has 1 aliphatic rings. The molecule has 6 heteroatoms. The van der Waals surface area contributed by atoms with Gasteiger partial charge in [0.15, 0.2) is 9.84 Å². The Morgan fingerprint density at radius 1 is 1.12 bits per heavy atom. The van der Waals surface area contributed by atoms with Crippen molar-refractivity contribution in [3.8, 4) is 5.69 Å². The van der Waals surface area contributed by atoms with Gasteiger partial charge in [0.2, 0.25) is 0 Å². The van der Waals surface area contributed by atoms with Crippen LogP contribution in [0.2, 0.25) is 0 Å². The first-order valence-electron chi connectivity index (χ1n) is 5.15. The van der Waals surface area contributed by atoms with Crippen molar-refractivity contribution in [3.63, 3.8) is 0 Å². The van der Waals surface area contributed by atoms with Gasteiger partial charge in [0.25, 0.3) is 5.56 Å². The third-order valence-corrected chi connectivity index (χ3v) is 4.28. The van der Waals surface area contributed by atoms with Gasteiger partial charge < -0.3 is 0 Å². The van der Waals surface area contributed by atoms with Crippen molar-refractivity contribution in [3.05, 3.63) is 51.9 Å². The van der Waals surface area contributed by atoms with Gasteiger partial charge in [0.05, 0.1) is 28.5 Å². The van der Waals surface area contributed by atoms with Crippen molar-refractivity contribution < 1.29 is 8.42 Å².